The molecular formula is C14H23NO2S. The molecular weight excluding hydrogens is 246 g/mol. The number of rotatable bonds is 6. The number of anilines is 1. The summed E-state index contributed by atoms with van der Waals surface area (Å²) in [6.45, 7) is 8.07. The van der Waals surface area contributed by atoms with Crippen molar-refractivity contribution in [2.75, 3.05) is 11.1 Å². The molecule has 0 aliphatic carbocycles. The van der Waals surface area contributed by atoms with E-state index in [-0.39, 0.29) is 11.8 Å². The van der Waals surface area contributed by atoms with E-state index in [1.807, 2.05) is 12.1 Å². The van der Waals surface area contributed by atoms with Crippen LogP contribution in [0.15, 0.2) is 29.2 Å². The Hall–Kier alpha value is -1.03. The molecule has 0 fully saturated rings. The standard InChI is InChI=1S/C14H23NO2S/c1-5-18(16,17)14-9-7-6-8-13(14)15-12(4)10-11(2)3/h6-9,11-12,15H,5,10H2,1-4H3. The first-order valence-electron chi connectivity index (χ1n) is 6.45. The largest absolute Gasteiger partial charge is 0.382 e. The molecule has 0 saturated carbocycles. The third-order valence-corrected chi connectivity index (χ3v) is 4.62. The van der Waals surface area contributed by atoms with Gasteiger partial charge in [0.05, 0.1) is 16.3 Å². The zero-order valence-corrected chi connectivity index (χ0v) is 12.4. The van der Waals surface area contributed by atoms with Crippen LogP contribution in [0.2, 0.25) is 0 Å². The van der Waals surface area contributed by atoms with E-state index in [1.54, 1.807) is 19.1 Å². The second-order valence-electron chi connectivity index (χ2n) is 5.07. The van der Waals surface area contributed by atoms with Gasteiger partial charge in [-0.05, 0) is 31.4 Å². The van der Waals surface area contributed by atoms with Gasteiger partial charge in [0, 0.05) is 6.04 Å². The Labute approximate surface area is 111 Å². The van der Waals surface area contributed by atoms with Crippen molar-refractivity contribution in [1.29, 1.82) is 0 Å². The number of para-hydroxylation sites is 1. The normalized spacial score (nSPS) is 13.6. The summed E-state index contributed by atoms with van der Waals surface area (Å²) in [7, 11) is -3.17. The summed E-state index contributed by atoms with van der Waals surface area (Å²) in [5.41, 5.74) is 0.715. The van der Waals surface area contributed by atoms with Crippen molar-refractivity contribution >= 4 is 15.5 Å². The van der Waals surface area contributed by atoms with E-state index in [4.69, 9.17) is 0 Å². The third-order valence-electron chi connectivity index (χ3n) is 2.83. The molecule has 0 radical (unpaired) electrons. The molecule has 0 aliphatic rings. The van der Waals surface area contributed by atoms with Crippen LogP contribution in [0.5, 0.6) is 0 Å². The number of sulfone groups is 1. The lowest BCUT2D eigenvalue weighted by Gasteiger charge is -2.19. The maximum absolute atomic E-state index is 12.0. The van der Waals surface area contributed by atoms with Gasteiger partial charge in [-0.15, -0.1) is 0 Å². The van der Waals surface area contributed by atoms with Crippen molar-refractivity contribution in [3.63, 3.8) is 0 Å². The van der Waals surface area contributed by atoms with Gasteiger partial charge in [0.1, 0.15) is 0 Å². The van der Waals surface area contributed by atoms with Gasteiger partial charge in [-0.1, -0.05) is 32.9 Å². The maximum atomic E-state index is 12.0. The molecule has 3 nitrogen and oxygen atoms in total. The van der Waals surface area contributed by atoms with Crippen molar-refractivity contribution in [2.45, 2.75) is 45.1 Å². The van der Waals surface area contributed by atoms with Crippen LogP contribution in [-0.4, -0.2) is 20.2 Å². The highest BCUT2D eigenvalue weighted by Gasteiger charge is 2.17. The smallest absolute Gasteiger partial charge is 0.180 e. The van der Waals surface area contributed by atoms with Crippen LogP contribution in [0.25, 0.3) is 0 Å². The second kappa shape index (κ2) is 6.23. The average Bonchev–Trinajstić information content (AvgIpc) is 2.28. The molecule has 18 heavy (non-hydrogen) atoms. The molecule has 1 unspecified atom stereocenters. The summed E-state index contributed by atoms with van der Waals surface area (Å²) < 4.78 is 24.0. The van der Waals surface area contributed by atoms with Crippen LogP contribution in [0.3, 0.4) is 0 Å². The molecule has 1 rings (SSSR count). The van der Waals surface area contributed by atoms with Crippen LogP contribution >= 0.6 is 0 Å². The maximum Gasteiger partial charge on any atom is 0.180 e. The fraction of sp³-hybridized carbons (Fsp3) is 0.571. The average molecular weight is 269 g/mol. The first kappa shape index (κ1) is 15.0. The van der Waals surface area contributed by atoms with Crippen LogP contribution in [-0.2, 0) is 9.84 Å². The summed E-state index contributed by atoms with van der Waals surface area (Å²) >= 11 is 0. The SMILES string of the molecule is CCS(=O)(=O)c1ccccc1NC(C)CC(C)C. The van der Waals surface area contributed by atoms with Crippen LogP contribution in [0.4, 0.5) is 5.69 Å². The van der Waals surface area contributed by atoms with Gasteiger partial charge in [-0.3, -0.25) is 0 Å². The molecule has 0 bridgehead atoms. The highest BCUT2D eigenvalue weighted by molar-refractivity contribution is 7.91. The Morgan fingerprint density at radius 1 is 1.17 bits per heavy atom. The monoisotopic (exact) mass is 269 g/mol. The van der Waals surface area contributed by atoms with Gasteiger partial charge in [-0.25, -0.2) is 8.42 Å². The minimum absolute atomic E-state index is 0.129. The number of hydrogen-bond donors (Lipinski definition) is 1. The zero-order valence-electron chi connectivity index (χ0n) is 11.6. The Morgan fingerprint density at radius 2 is 1.78 bits per heavy atom. The lowest BCUT2D eigenvalue weighted by Crippen LogP contribution is -2.19. The molecule has 1 aromatic carbocycles. The fourth-order valence-corrected chi connectivity index (χ4v) is 3.10. The van der Waals surface area contributed by atoms with E-state index in [2.05, 4.69) is 26.1 Å². The first-order chi connectivity index (χ1) is 8.36. The Kier molecular flexibility index (Phi) is 5.20. The summed E-state index contributed by atoms with van der Waals surface area (Å²) in [6.07, 6.45) is 1.01. The molecule has 0 aromatic heterocycles. The number of nitrogens with one attached hydrogen (secondary N) is 1. The predicted molar refractivity (Wildman–Crippen MR) is 76.7 cm³/mol. The molecule has 0 saturated heterocycles. The Morgan fingerprint density at radius 3 is 2.33 bits per heavy atom. The van der Waals surface area contributed by atoms with E-state index in [0.29, 0.717) is 16.5 Å². The van der Waals surface area contributed by atoms with Crippen molar-refractivity contribution < 1.29 is 8.42 Å². The van der Waals surface area contributed by atoms with Gasteiger partial charge in [0.15, 0.2) is 9.84 Å². The van der Waals surface area contributed by atoms with Crippen molar-refractivity contribution in [1.82, 2.24) is 0 Å². The van der Waals surface area contributed by atoms with Crippen LogP contribution in [0.1, 0.15) is 34.1 Å². The molecule has 4 heteroatoms. The predicted octanol–water partition coefficient (Wildman–Crippen LogP) is 3.33. The van der Waals surface area contributed by atoms with Crippen LogP contribution < -0.4 is 5.32 Å². The van der Waals surface area contributed by atoms with E-state index >= 15 is 0 Å². The molecule has 1 N–H and O–H groups in total. The van der Waals surface area contributed by atoms with Crippen LogP contribution in [0, 0.1) is 5.92 Å². The van der Waals surface area contributed by atoms with E-state index in [1.165, 1.54) is 0 Å². The third kappa shape index (κ3) is 4.02. The van der Waals surface area contributed by atoms with Gasteiger partial charge in [-0.2, -0.15) is 0 Å². The highest BCUT2D eigenvalue weighted by Crippen LogP contribution is 2.23. The summed E-state index contributed by atoms with van der Waals surface area (Å²) in [6, 6.07) is 7.39. The zero-order chi connectivity index (χ0) is 13.8. The van der Waals surface area contributed by atoms with E-state index < -0.39 is 9.84 Å². The lowest BCUT2D eigenvalue weighted by atomic mass is 10.1. The van der Waals surface area contributed by atoms with E-state index in [0.717, 1.165) is 6.42 Å². The summed E-state index contributed by atoms with van der Waals surface area (Å²) in [4.78, 5) is 0.406. The molecule has 0 spiro atoms. The second-order valence-corrected chi connectivity index (χ2v) is 7.32. The molecule has 1 atom stereocenters. The van der Waals surface area contributed by atoms with E-state index in [9.17, 15) is 8.42 Å². The summed E-state index contributed by atoms with van der Waals surface area (Å²) in [5, 5.41) is 3.30. The highest BCUT2D eigenvalue weighted by atomic mass is 32.2. The van der Waals surface area contributed by atoms with Crippen molar-refractivity contribution in [3.8, 4) is 0 Å². The molecule has 102 valence electrons. The quantitative estimate of drug-likeness (QED) is 0.861. The van der Waals surface area contributed by atoms with Gasteiger partial charge in [0.2, 0.25) is 0 Å². The van der Waals surface area contributed by atoms with Gasteiger partial charge < -0.3 is 5.32 Å². The lowest BCUT2D eigenvalue weighted by molar-refractivity contribution is 0.539. The molecule has 0 amide bonds. The van der Waals surface area contributed by atoms with Gasteiger partial charge >= 0.3 is 0 Å². The fourth-order valence-electron chi connectivity index (χ4n) is 2.04. The Balaban J connectivity index is 2.97. The first-order valence-corrected chi connectivity index (χ1v) is 8.10. The van der Waals surface area contributed by atoms with Gasteiger partial charge in [0.25, 0.3) is 0 Å². The van der Waals surface area contributed by atoms with Crippen molar-refractivity contribution in [3.05, 3.63) is 24.3 Å². The Bertz CT molecular complexity index is 480. The minimum atomic E-state index is -3.17. The molecule has 1 aromatic rings. The summed E-state index contributed by atoms with van der Waals surface area (Å²) in [5.74, 6) is 0.715. The molecule has 0 aliphatic heterocycles. The number of benzene rings is 1. The number of hydrogen-bond acceptors (Lipinski definition) is 3. The molecule has 0 heterocycles. The van der Waals surface area contributed by atoms with Crippen molar-refractivity contribution in [2.24, 2.45) is 5.92 Å². The topological polar surface area (TPSA) is 46.2 Å². The minimum Gasteiger partial charge on any atom is -0.382 e.